The number of hydrogen-bond acceptors (Lipinski definition) is 8. The fourth-order valence-electron chi connectivity index (χ4n) is 9.52. The molecule has 0 aliphatic carbocycles. The highest BCUT2D eigenvalue weighted by atomic mass is 16.7. The van der Waals surface area contributed by atoms with E-state index in [-0.39, 0.29) is 38.6 Å². The van der Waals surface area contributed by atoms with Crippen LogP contribution in [0.3, 0.4) is 0 Å². The number of carbonyl (C=O) groups is 3. The van der Waals surface area contributed by atoms with Crippen molar-refractivity contribution < 1.29 is 42.9 Å². The van der Waals surface area contributed by atoms with Crippen LogP contribution in [0.25, 0.3) is 0 Å². The van der Waals surface area contributed by atoms with Crippen molar-refractivity contribution in [1.29, 1.82) is 0 Å². The summed E-state index contributed by atoms with van der Waals surface area (Å²) in [6, 6.07) is 0. The summed E-state index contributed by atoms with van der Waals surface area (Å²) in [4.78, 5) is 37.3. The van der Waals surface area contributed by atoms with Crippen molar-refractivity contribution in [1.82, 2.24) is 0 Å². The van der Waals surface area contributed by atoms with Gasteiger partial charge in [-0.05, 0) is 51.4 Å². The molecule has 0 aliphatic rings. The highest BCUT2D eigenvalue weighted by Crippen LogP contribution is 2.18. The quantitative estimate of drug-likeness (QED) is 0.0195. The Morgan fingerprint density at radius 3 is 1.08 bits per heavy atom. The van der Waals surface area contributed by atoms with Gasteiger partial charge in [0.15, 0.2) is 12.4 Å². The normalized spacial score (nSPS) is 13.1. The lowest BCUT2D eigenvalue weighted by Gasteiger charge is -2.26. The van der Waals surface area contributed by atoms with E-state index >= 15 is 0 Å². The van der Waals surface area contributed by atoms with Crippen molar-refractivity contribution in [3.8, 4) is 0 Å². The number of likely N-dealkylation sites (N-methyl/N-ethyl adjacent to an activating group) is 1. The van der Waals surface area contributed by atoms with Crippen molar-refractivity contribution in [2.45, 2.75) is 315 Å². The van der Waals surface area contributed by atoms with Crippen LogP contribution in [0, 0.1) is 0 Å². The summed E-state index contributed by atoms with van der Waals surface area (Å²) in [5.41, 5.74) is 0. The predicted molar refractivity (Wildman–Crippen MR) is 329 cm³/mol. The van der Waals surface area contributed by atoms with Gasteiger partial charge in [-0.15, -0.1) is 0 Å². The third-order valence-corrected chi connectivity index (χ3v) is 14.5. The van der Waals surface area contributed by atoms with Crippen LogP contribution in [-0.4, -0.2) is 82.3 Å². The van der Waals surface area contributed by atoms with E-state index in [2.05, 4.69) is 74.6 Å². The molecule has 0 spiro atoms. The van der Waals surface area contributed by atoms with E-state index in [4.69, 9.17) is 18.9 Å². The van der Waals surface area contributed by atoms with Gasteiger partial charge < -0.3 is 33.3 Å². The maximum atomic E-state index is 12.8. The molecular formula is C69H125NO8. The van der Waals surface area contributed by atoms with Crippen LogP contribution in [0.5, 0.6) is 0 Å². The highest BCUT2D eigenvalue weighted by Gasteiger charge is 2.22. The van der Waals surface area contributed by atoms with Gasteiger partial charge in [-0.1, -0.05) is 299 Å². The molecule has 0 heterocycles. The van der Waals surface area contributed by atoms with E-state index in [0.717, 1.165) is 51.4 Å². The van der Waals surface area contributed by atoms with E-state index < -0.39 is 24.3 Å². The van der Waals surface area contributed by atoms with Gasteiger partial charge in [0.05, 0.1) is 40.3 Å². The van der Waals surface area contributed by atoms with Gasteiger partial charge in [0.2, 0.25) is 0 Å². The van der Waals surface area contributed by atoms with E-state index in [1.54, 1.807) is 0 Å². The summed E-state index contributed by atoms with van der Waals surface area (Å²) < 4.78 is 22.6. The molecule has 0 aromatic heterocycles. The summed E-state index contributed by atoms with van der Waals surface area (Å²) in [5.74, 6) is -2.35. The summed E-state index contributed by atoms with van der Waals surface area (Å²) >= 11 is 0. The molecule has 9 nitrogen and oxygen atoms in total. The fourth-order valence-corrected chi connectivity index (χ4v) is 9.52. The van der Waals surface area contributed by atoms with E-state index in [9.17, 15) is 19.5 Å². The van der Waals surface area contributed by atoms with Crippen LogP contribution >= 0.6 is 0 Å². The molecule has 0 fully saturated rings. The zero-order valence-corrected chi connectivity index (χ0v) is 51.8. The van der Waals surface area contributed by atoms with Gasteiger partial charge in [-0.3, -0.25) is 9.59 Å². The van der Waals surface area contributed by atoms with Crippen molar-refractivity contribution in [2.75, 3.05) is 47.5 Å². The fraction of sp³-hybridized carbons (Fsp3) is 0.812. The lowest BCUT2D eigenvalue weighted by Crippen LogP contribution is -2.44. The first kappa shape index (κ1) is 75.0. The number of esters is 2. The summed E-state index contributed by atoms with van der Waals surface area (Å²) in [5, 5.41) is 11.8. The zero-order chi connectivity index (χ0) is 56.9. The number of unbranched alkanes of at least 4 members (excludes halogenated alkanes) is 36. The molecule has 0 bridgehead atoms. The Hall–Kier alpha value is -3.01. The molecule has 0 aliphatic heterocycles. The number of rotatable bonds is 61. The first-order valence-corrected chi connectivity index (χ1v) is 32.9. The molecule has 78 heavy (non-hydrogen) atoms. The Kier molecular flexibility index (Phi) is 57.8. The molecule has 0 radical (unpaired) electrons. The van der Waals surface area contributed by atoms with E-state index in [1.807, 2.05) is 21.1 Å². The minimum atomic E-state index is -1.64. The lowest BCUT2D eigenvalue weighted by molar-refractivity contribution is -0.870. The van der Waals surface area contributed by atoms with Crippen LogP contribution in [0.15, 0.2) is 60.8 Å². The molecule has 9 heteroatoms. The first-order chi connectivity index (χ1) is 38.1. The minimum Gasteiger partial charge on any atom is -0.545 e. The Bertz CT molecular complexity index is 1460. The Labute approximate surface area is 482 Å². The Balaban J connectivity index is 4.02. The second-order valence-electron chi connectivity index (χ2n) is 23.4. The smallest absolute Gasteiger partial charge is 0.306 e. The molecule has 0 saturated heterocycles. The van der Waals surface area contributed by atoms with Gasteiger partial charge >= 0.3 is 11.9 Å². The number of aliphatic carboxylic acids is 1. The third-order valence-electron chi connectivity index (χ3n) is 14.5. The van der Waals surface area contributed by atoms with Gasteiger partial charge in [-0.2, -0.15) is 0 Å². The second-order valence-corrected chi connectivity index (χ2v) is 23.4. The molecule has 0 aromatic carbocycles. The molecule has 0 rings (SSSR count). The van der Waals surface area contributed by atoms with E-state index in [1.165, 1.54) is 212 Å². The monoisotopic (exact) mass is 1100 g/mol. The molecule has 0 aromatic rings. The van der Waals surface area contributed by atoms with Crippen molar-refractivity contribution in [2.24, 2.45) is 0 Å². The average molecular weight is 1100 g/mol. The van der Waals surface area contributed by atoms with Crippen LogP contribution < -0.4 is 5.11 Å². The molecule has 0 saturated carbocycles. The van der Waals surface area contributed by atoms with Gasteiger partial charge in [0, 0.05) is 12.8 Å². The van der Waals surface area contributed by atoms with Gasteiger partial charge in [0.25, 0.3) is 0 Å². The maximum absolute atomic E-state index is 12.8. The van der Waals surface area contributed by atoms with Crippen molar-refractivity contribution in [3.63, 3.8) is 0 Å². The standard InChI is InChI=1S/C69H125NO8/c1-6-8-10-12-14-16-18-20-22-24-25-26-27-28-29-30-31-32-33-34-35-36-37-38-39-40-41-42-44-45-47-49-51-53-55-57-59-66(71)76-63-65(64-77-69(68(73)74)75-62-61-70(3,4)5)78-67(72)60-58-56-54-52-50-48-46-43-23-21-19-17-15-13-11-9-7-2/h9,11,15,17,21,23,46,48,52,54,65,69H,6-8,10,12-14,16,18-20,22,24-45,47,49-51,53,55-64H2,1-5H3/b11-9-,17-15-,23-21-,48-46-,54-52-. The number of carbonyl (C=O) groups excluding carboxylic acids is 3. The van der Waals surface area contributed by atoms with Gasteiger partial charge in [0.1, 0.15) is 13.2 Å². The number of allylic oxidation sites excluding steroid dienone is 10. The predicted octanol–water partition coefficient (Wildman–Crippen LogP) is 18.6. The molecule has 454 valence electrons. The van der Waals surface area contributed by atoms with Crippen molar-refractivity contribution in [3.05, 3.63) is 60.8 Å². The first-order valence-electron chi connectivity index (χ1n) is 32.9. The van der Waals surface area contributed by atoms with Crippen LogP contribution in [-0.2, 0) is 33.3 Å². The molecule has 0 N–H and O–H groups in total. The Morgan fingerprint density at radius 1 is 0.397 bits per heavy atom. The number of ether oxygens (including phenoxy) is 4. The van der Waals surface area contributed by atoms with Crippen LogP contribution in [0.2, 0.25) is 0 Å². The number of quaternary nitrogens is 1. The maximum Gasteiger partial charge on any atom is 0.306 e. The van der Waals surface area contributed by atoms with Crippen molar-refractivity contribution >= 4 is 17.9 Å². The summed E-state index contributed by atoms with van der Waals surface area (Å²) in [7, 11) is 5.91. The zero-order valence-electron chi connectivity index (χ0n) is 51.8. The average Bonchev–Trinajstić information content (AvgIpc) is 3.41. The van der Waals surface area contributed by atoms with Gasteiger partial charge in [-0.25, -0.2) is 0 Å². The van der Waals surface area contributed by atoms with Crippen LogP contribution in [0.4, 0.5) is 0 Å². The topological polar surface area (TPSA) is 111 Å². The molecule has 0 amide bonds. The lowest BCUT2D eigenvalue weighted by atomic mass is 10.0. The molecular weight excluding hydrogens is 971 g/mol. The SMILES string of the molecule is CC/C=C\C/C=C\C/C=C\C/C=C\C/C=C\CCCC(=O)OC(COC(=O)CCCCCCCCCCCCCCCCCCCCCCCCCCCCCCCCCCCCCC)COC(OCC[N+](C)(C)C)C(=O)[O-]. The molecule has 2 unspecified atom stereocenters. The number of carboxylic acids is 1. The van der Waals surface area contributed by atoms with E-state index in [0.29, 0.717) is 23.9 Å². The second kappa shape index (κ2) is 60.1. The molecule has 2 atom stereocenters. The third kappa shape index (κ3) is 60.6. The largest absolute Gasteiger partial charge is 0.545 e. The minimum absolute atomic E-state index is 0.136. The highest BCUT2D eigenvalue weighted by molar-refractivity contribution is 5.70. The summed E-state index contributed by atoms with van der Waals surface area (Å²) in [6.07, 6.45) is 74.8. The number of carboxylic acid groups (broad SMARTS) is 1. The van der Waals surface area contributed by atoms with Crippen LogP contribution in [0.1, 0.15) is 303 Å². The number of nitrogens with zero attached hydrogens (tertiary/aromatic N) is 1. The summed E-state index contributed by atoms with van der Waals surface area (Å²) in [6.45, 7) is 4.60. The number of hydrogen-bond donors (Lipinski definition) is 0. The Morgan fingerprint density at radius 2 is 0.731 bits per heavy atom.